The molecule has 2 heterocycles. The third kappa shape index (κ3) is 5.92. The molecule has 0 atom stereocenters. The quantitative estimate of drug-likeness (QED) is 0.438. The average Bonchev–Trinajstić information content (AvgIpc) is 3.11. The molecule has 0 aromatic carbocycles. The molecular weight excluding hydrogens is 268 g/mol. The van der Waals surface area contributed by atoms with E-state index in [-0.39, 0.29) is 0 Å². The first-order valence-electron chi connectivity index (χ1n) is 7.63. The van der Waals surface area contributed by atoms with Crippen LogP contribution >= 0.6 is 11.3 Å². The summed E-state index contributed by atoms with van der Waals surface area (Å²) in [5, 5.41) is 5.28. The lowest BCUT2D eigenvalue weighted by Gasteiger charge is -2.13. The Bertz CT molecular complexity index is 383. The van der Waals surface area contributed by atoms with E-state index in [0.717, 1.165) is 25.9 Å². The minimum atomic E-state index is 0.586. The molecule has 0 radical (unpaired) electrons. The molecule has 4 nitrogen and oxygen atoms in total. The molecule has 1 aliphatic rings. The molecule has 2 rings (SSSR count). The molecule has 0 spiro atoms. The standard InChI is InChI=1S/C15H26N4S/c16-15(18-9-7-14-6-5-13-20-14)17-8-1-2-10-19-11-3-4-12-19/h5-6,13H,1-4,7-12H2,(H3,16,17,18). The van der Waals surface area contributed by atoms with E-state index in [0.29, 0.717) is 5.96 Å². The number of hydrogen-bond acceptors (Lipinski definition) is 3. The van der Waals surface area contributed by atoms with Gasteiger partial charge in [0.05, 0.1) is 0 Å². The molecule has 0 unspecified atom stereocenters. The van der Waals surface area contributed by atoms with Gasteiger partial charge in [0.2, 0.25) is 0 Å². The lowest BCUT2D eigenvalue weighted by molar-refractivity contribution is 0.331. The fourth-order valence-electron chi connectivity index (χ4n) is 2.48. The van der Waals surface area contributed by atoms with E-state index in [1.165, 1.54) is 43.8 Å². The Kier molecular flexibility index (Phi) is 6.88. The van der Waals surface area contributed by atoms with Gasteiger partial charge >= 0.3 is 0 Å². The Hall–Kier alpha value is -1.07. The molecule has 1 fully saturated rings. The van der Waals surface area contributed by atoms with Gasteiger partial charge in [-0.25, -0.2) is 0 Å². The molecule has 1 aromatic heterocycles. The SMILES string of the molecule is NC(=NCCCCN1CCCC1)NCCc1cccs1. The predicted molar refractivity (Wildman–Crippen MR) is 87.4 cm³/mol. The van der Waals surface area contributed by atoms with Crippen molar-refractivity contribution in [2.75, 3.05) is 32.7 Å². The number of nitrogens with zero attached hydrogens (tertiary/aromatic N) is 2. The topological polar surface area (TPSA) is 53.6 Å². The predicted octanol–water partition coefficient (Wildman–Crippen LogP) is 2.07. The maximum atomic E-state index is 5.85. The highest BCUT2D eigenvalue weighted by Gasteiger charge is 2.09. The Morgan fingerprint density at radius 1 is 1.35 bits per heavy atom. The molecule has 0 amide bonds. The highest BCUT2D eigenvalue weighted by molar-refractivity contribution is 7.09. The largest absolute Gasteiger partial charge is 0.370 e. The van der Waals surface area contributed by atoms with Crippen molar-refractivity contribution < 1.29 is 0 Å². The number of likely N-dealkylation sites (tertiary alicyclic amines) is 1. The first kappa shape index (κ1) is 15.3. The maximum Gasteiger partial charge on any atom is 0.188 e. The van der Waals surface area contributed by atoms with Gasteiger partial charge in [0.15, 0.2) is 5.96 Å². The molecule has 0 aliphatic carbocycles. The Labute approximate surface area is 126 Å². The van der Waals surface area contributed by atoms with Gasteiger partial charge in [0.25, 0.3) is 0 Å². The second kappa shape index (κ2) is 8.97. The van der Waals surface area contributed by atoms with Crippen LogP contribution in [-0.4, -0.2) is 43.6 Å². The maximum absolute atomic E-state index is 5.85. The van der Waals surface area contributed by atoms with Gasteiger partial charge in [-0.05, 0) is 63.2 Å². The summed E-state index contributed by atoms with van der Waals surface area (Å²) in [5.74, 6) is 0.586. The monoisotopic (exact) mass is 294 g/mol. The average molecular weight is 294 g/mol. The number of nitrogens with two attached hydrogens (primary N) is 1. The van der Waals surface area contributed by atoms with Crippen LogP contribution in [0, 0.1) is 0 Å². The fraction of sp³-hybridized carbons (Fsp3) is 0.667. The van der Waals surface area contributed by atoms with Crippen molar-refractivity contribution in [2.24, 2.45) is 10.7 Å². The van der Waals surface area contributed by atoms with Gasteiger partial charge in [0, 0.05) is 18.0 Å². The van der Waals surface area contributed by atoms with Crippen LogP contribution in [0.4, 0.5) is 0 Å². The van der Waals surface area contributed by atoms with Gasteiger partial charge in [0.1, 0.15) is 0 Å². The lowest BCUT2D eigenvalue weighted by atomic mass is 10.3. The summed E-state index contributed by atoms with van der Waals surface area (Å²) in [7, 11) is 0. The van der Waals surface area contributed by atoms with Gasteiger partial charge in [-0.3, -0.25) is 4.99 Å². The van der Waals surface area contributed by atoms with Crippen LogP contribution in [0.25, 0.3) is 0 Å². The number of unbranched alkanes of at least 4 members (excludes halogenated alkanes) is 1. The Morgan fingerprint density at radius 3 is 2.95 bits per heavy atom. The van der Waals surface area contributed by atoms with Gasteiger partial charge in [-0.1, -0.05) is 6.07 Å². The van der Waals surface area contributed by atoms with E-state index in [2.05, 4.69) is 32.7 Å². The highest BCUT2D eigenvalue weighted by atomic mass is 32.1. The van der Waals surface area contributed by atoms with Gasteiger partial charge in [-0.15, -0.1) is 11.3 Å². The number of nitrogens with one attached hydrogen (secondary N) is 1. The molecule has 1 saturated heterocycles. The molecule has 3 N–H and O–H groups in total. The second-order valence-corrected chi connectivity index (χ2v) is 6.31. The van der Waals surface area contributed by atoms with Crippen LogP contribution in [-0.2, 0) is 6.42 Å². The minimum absolute atomic E-state index is 0.586. The lowest BCUT2D eigenvalue weighted by Crippen LogP contribution is -2.33. The molecule has 1 aliphatic heterocycles. The van der Waals surface area contributed by atoms with E-state index in [4.69, 9.17) is 5.73 Å². The van der Waals surface area contributed by atoms with E-state index in [9.17, 15) is 0 Å². The van der Waals surface area contributed by atoms with E-state index < -0.39 is 0 Å². The smallest absolute Gasteiger partial charge is 0.188 e. The number of hydrogen-bond donors (Lipinski definition) is 2. The Morgan fingerprint density at radius 2 is 2.20 bits per heavy atom. The number of rotatable bonds is 8. The summed E-state index contributed by atoms with van der Waals surface area (Å²) < 4.78 is 0. The molecule has 0 bridgehead atoms. The summed E-state index contributed by atoms with van der Waals surface area (Å²) in [4.78, 5) is 8.31. The first-order valence-corrected chi connectivity index (χ1v) is 8.51. The van der Waals surface area contributed by atoms with Crippen molar-refractivity contribution in [3.63, 3.8) is 0 Å². The fourth-order valence-corrected chi connectivity index (χ4v) is 3.19. The molecule has 112 valence electrons. The summed E-state index contributed by atoms with van der Waals surface area (Å²) in [6, 6.07) is 4.23. The van der Waals surface area contributed by atoms with E-state index in [1.54, 1.807) is 11.3 Å². The van der Waals surface area contributed by atoms with Crippen molar-refractivity contribution >= 4 is 17.3 Å². The molecular formula is C15H26N4S. The molecule has 0 saturated carbocycles. The van der Waals surface area contributed by atoms with Crippen molar-refractivity contribution in [2.45, 2.75) is 32.1 Å². The van der Waals surface area contributed by atoms with Crippen LogP contribution in [0.5, 0.6) is 0 Å². The second-order valence-electron chi connectivity index (χ2n) is 5.28. The third-order valence-corrected chi connectivity index (χ3v) is 4.56. The summed E-state index contributed by atoms with van der Waals surface area (Å²) in [6.45, 7) is 5.50. The van der Waals surface area contributed by atoms with E-state index >= 15 is 0 Å². The number of aliphatic imine (C=N–C) groups is 1. The number of thiophene rings is 1. The highest BCUT2D eigenvalue weighted by Crippen LogP contribution is 2.08. The van der Waals surface area contributed by atoms with Crippen LogP contribution in [0.3, 0.4) is 0 Å². The van der Waals surface area contributed by atoms with Crippen molar-refractivity contribution in [1.29, 1.82) is 0 Å². The zero-order valence-corrected chi connectivity index (χ0v) is 13.0. The number of guanidine groups is 1. The summed E-state index contributed by atoms with van der Waals surface area (Å²) in [5.41, 5.74) is 5.85. The van der Waals surface area contributed by atoms with Crippen LogP contribution in [0.1, 0.15) is 30.6 Å². The van der Waals surface area contributed by atoms with Crippen LogP contribution in [0.15, 0.2) is 22.5 Å². The third-order valence-electron chi connectivity index (χ3n) is 3.62. The van der Waals surface area contributed by atoms with Crippen molar-refractivity contribution in [3.05, 3.63) is 22.4 Å². The first-order chi connectivity index (χ1) is 9.84. The summed E-state index contributed by atoms with van der Waals surface area (Å²) >= 11 is 1.79. The van der Waals surface area contributed by atoms with E-state index in [1.807, 2.05) is 0 Å². The van der Waals surface area contributed by atoms with Crippen molar-refractivity contribution in [3.8, 4) is 0 Å². The van der Waals surface area contributed by atoms with Crippen LogP contribution < -0.4 is 11.1 Å². The van der Waals surface area contributed by atoms with Gasteiger partial charge in [-0.2, -0.15) is 0 Å². The molecule has 1 aromatic rings. The van der Waals surface area contributed by atoms with Crippen LogP contribution in [0.2, 0.25) is 0 Å². The zero-order valence-electron chi connectivity index (χ0n) is 12.2. The van der Waals surface area contributed by atoms with Crippen molar-refractivity contribution in [1.82, 2.24) is 10.2 Å². The normalized spacial score (nSPS) is 16.7. The molecule has 20 heavy (non-hydrogen) atoms. The molecule has 5 heteroatoms. The Balaban J connectivity index is 1.48. The summed E-state index contributed by atoms with van der Waals surface area (Å²) in [6.07, 6.45) is 6.12. The zero-order chi connectivity index (χ0) is 14.0. The minimum Gasteiger partial charge on any atom is -0.370 e. The van der Waals surface area contributed by atoms with Gasteiger partial charge < -0.3 is 16.0 Å².